The summed E-state index contributed by atoms with van der Waals surface area (Å²) in [4.78, 5) is 2.59. The van der Waals surface area contributed by atoms with Crippen LogP contribution in [0.15, 0.2) is 48.5 Å². The fourth-order valence-corrected chi connectivity index (χ4v) is 4.02. The standard InChI is InChI=1S/C24H34N2O2/c1-5-27-22-17-20(23(24(2,3)4)26-15-13-25-14-16-26)11-12-21(22)28-18-19-9-7-6-8-10-19/h6-12,17,23,25H,5,13-16,18H2,1-4H3/t23-/m1/s1. The number of benzene rings is 2. The lowest BCUT2D eigenvalue weighted by Gasteiger charge is -2.42. The maximum Gasteiger partial charge on any atom is 0.161 e. The Hall–Kier alpha value is -2.04. The Balaban J connectivity index is 1.85. The molecule has 1 N–H and O–H groups in total. The van der Waals surface area contributed by atoms with E-state index < -0.39 is 0 Å². The molecule has 0 aromatic heterocycles. The number of hydrogen-bond donors (Lipinski definition) is 1. The third-order valence-corrected chi connectivity index (χ3v) is 5.16. The van der Waals surface area contributed by atoms with Crippen molar-refractivity contribution in [2.24, 2.45) is 5.41 Å². The minimum atomic E-state index is 0.132. The molecule has 2 aromatic rings. The molecule has 0 radical (unpaired) electrons. The summed E-state index contributed by atoms with van der Waals surface area (Å²) in [7, 11) is 0. The van der Waals surface area contributed by atoms with E-state index in [-0.39, 0.29) is 5.41 Å². The van der Waals surface area contributed by atoms with Crippen molar-refractivity contribution >= 4 is 0 Å². The van der Waals surface area contributed by atoms with Crippen molar-refractivity contribution in [2.45, 2.75) is 40.3 Å². The molecule has 2 aromatic carbocycles. The molecular weight excluding hydrogens is 348 g/mol. The molecule has 3 rings (SSSR count). The Labute approximate surface area is 169 Å². The van der Waals surface area contributed by atoms with Gasteiger partial charge in [-0.1, -0.05) is 57.2 Å². The summed E-state index contributed by atoms with van der Waals surface area (Å²) in [6, 6.07) is 17.1. The first kappa shape index (κ1) is 20.7. The van der Waals surface area contributed by atoms with Gasteiger partial charge in [0.2, 0.25) is 0 Å². The molecule has 0 spiro atoms. The van der Waals surface area contributed by atoms with Gasteiger partial charge in [-0.15, -0.1) is 0 Å². The lowest BCUT2D eigenvalue weighted by atomic mass is 9.81. The zero-order chi connectivity index (χ0) is 20.0. The number of ether oxygens (including phenoxy) is 2. The van der Waals surface area contributed by atoms with Crippen LogP contribution < -0.4 is 14.8 Å². The van der Waals surface area contributed by atoms with Crippen LogP contribution in [-0.2, 0) is 6.61 Å². The molecule has 1 aliphatic rings. The minimum Gasteiger partial charge on any atom is -0.490 e. The van der Waals surface area contributed by atoms with Crippen molar-refractivity contribution in [1.29, 1.82) is 0 Å². The normalized spacial score (nSPS) is 16.6. The average molecular weight is 383 g/mol. The lowest BCUT2D eigenvalue weighted by molar-refractivity contribution is 0.0859. The van der Waals surface area contributed by atoms with E-state index in [1.165, 1.54) is 5.56 Å². The van der Waals surface area contributed by atoms with E-state index in [0.29, 0.717) is 19.3 Å². The summed E-state index contributed by atoms with van der Waals surface area (Å²) in [5.74, 6) is 1.64. The molecule has 0 unspecified atom stereocenters. The second kappa shape index (κ2) is 9.44. The van der Waals surface area contributed by atoms with Gasteiger partial charge in [0.15, 0.2) is 11.5 Å². The van der Waals surface area contributed by atoms with Crippen LogP contribution in [0, 0.1) is 5.41 Å². The molecule has 4 heteroatoms. The Morgan fingerprint density at radius 3 is 2.32 bits per heavy atom. The van der Waals surface area contributed by atoms with Gasteiger partial charge in [0.05, 0.1) is 6.61 Å². The van der Waals surface area contributed by atoms with Gasteiger partial charge in [-0.25, -0.2) is 0 Å². The van der Waals surface area contributed by atoms with Crippen LogP contribution in [0.25, 0.3) is 0 Å². The zero-order valence-electron chi connectivity index (χ0n) is 17.7. The van der Waals surface area contributed by atoms with E-state index in [4.69, 9.17) is 9.47 Å². The highest BCUT2D eigenvalue weighted by atomic mass is 16.5. The van der Waals surface area contributed by atoms with Crippen molar-refractivity contribution in [3.8, 4) is 11.5 Å². The summed E-state index contributed by atoms with van der Waals surface area (Å²) in [6.45, 7) is 14.4. The van der Waals surface area contributed by atoms with Crippen LogP contribution in [0.3, 0.4) is 0 Å². The number of hydrogen-bond acceptors (Lipinski definition) is 4. The molecule has 1 atom stereocenters. The van der Waals surface area contributed by atoms with Crippen LogP contribution in [0.4, 0.5) is 0 Å². The summed E-state index contributed by atoms with van der Waals surface area (Å²) in [6.07, 6.45) is 0. The van der Waals surface area contributed by atoms with Crippen molar-refractivity contribution in [1.82, 2.24) is 10.2 Å². The number of rotatable bonds is 7. The summed E-state index contributed by atoms with van der Waals surface area (Å²) in [5, 5.41) is 3.46. The Morgan fingerprint density at radius 1 is 0.964 bits per heavy atom. The van der Waals surface area contributed by atoms with E-state index in [1.807, 2.05) is 25.1 Å². The number of nitrogens with one attached hydrogen (secondary N) is 1. The first-order valence-corrected chi connectivity index (χ1v) is 10.4. The Kier molecular flexibility index (Phi) is 6.97. The summed E-state index contributed by atoms with van der Waals surface area (Å²) in [5.41, 5.74) is 2.58. The van der Waals surface area contributed by atoms with Crippen molar-refractivity contribution in [3.05, 3.63) is 59.7 Å². The van der Waals surface area contributed by atoms with Crippen LogP contribution in [-0.4, -0.2) is 37.7 Å². The highest BCUT2D eigenvalue weighted by Gasteiger charge is 2.33. The topological polar surface area (TPSA) is 33.7 Å². The minimum absolute atomic E-state index is 0.132. The predicted molar refractivity (Wildman–Crippen MR) is 115 cm³/mol. The van der Waals surface area contributed by atoms with Gasteiger partial charge in [-0.05, 0) is 35.6 Å². The fraction of sp³-hybridized carbons (Fsp3) is 0.500. The molecule has 28 heavy (non-hydrogen) atoms. The average Bonchev–Trinajstić information content (AvgIpc) is 2.68. The van der Waals surface area contributed by atoms with E-state index in [0.717, 1.165) is 43.2 Å². The number of nitrogens with zero attached hydrogens (tertiary/aromatic N) is 1. The van der Waals surface area contributed by atoms with Crippen molar-refractivity contribution in [2.75, 3.05) is 32.8 Å². The van der Waals surface area contributed by atoms with Crippen molar-refractivity contribution in [3.63, 3.8) is 0 Å². The van der Waals surface area contributed by atoms with Gasteiger partial charge in [0.1, 0.15) is 6.61 Å². The van der Waals surface area contributed by atoms with E-state index >= 15 is 0 Å². The molecule has 1 aliphatic heterocycles. The van der Waals surface area contributed by atoms with Gasteiger partial charge >= 0.3 is 0 Å². The molecule has 152 valence electrons. The molecule has 1 saturated heterocycles. The van der Waals surface area contributed by atoms with Crippen molar-refractivity contribution < 1.29 is 9.47 Å². The van der Waals surface area contributed by atoms with Gasteiger partial charge in [0, 0.05) is 32.2 Å². The van der Waals surface area contributed by atoms with Gasteiger partial charge < -0.3 is 14.8 Å². The van der Waals surface area contributed by atoms with Gasteiger partial charge in [-0.3, -0.25) is 4.90 Å². The maximum absolute atomic E-state index is 6.09. The molecule has 0 bridgehead atoms. The molecule has 0 saturated carbocycles. The quantitative estimate of drug-likeness (QED) is 0.755. The Bertz CT molecular complexity index is 734. The van der Waals surface area contributed by atoms with Crippen LogP contribution in [0.5, 0.6) is 11.5 Å². The number of piperazine rings is 1. The fourth-order valence-electron chi connectivity index (χ4n) is 4.02. The smallest absolute Gasteiger partial charge is 0.161 e. The third-order valence-electron chi connectivity index (χ3n) is 5.16. The molecule has 4 nitrogen and oxygen atoms in total. The maximum atomic E-state index is 6.09. The summed E-state index contributed by atoms with van der Waals surface area (Å²) >= 11 is 0. The lowest BCUT2D eigenvalue weighted by Crippen LogP contribution is -2.48. The van der Waals surface area contributed by atoms with Crippen LogP contribution >= 0.6 is 0 Å². The second-order valence-corrected chi connectivity index (χ2v) is 8.47. The molecule has 1 heterocycles. The first-order valence-electron chi connectivity index (χ1n) is 10.4. The third kappa shape index (κ3) is 5.27. The van der Waals surface area contributed by atoms with Gasteiger partial charge in [0.25, 0.3) is 0 Å². The molecule has 1 fully saturated rings. The van der Waals surface area contributed by atoms with E-state index in [9.17, 15) is 0 Å². The predicted octanol–water partition coefficient (Wildman–Crippen LogP) is 4.66. The van der Waals surface area contributed by atoms with Crippen LogP contribution in [0.1, 0.15) is 44.9 Å². The van der Waals surface area contributed by atoms with E-state index in [2.05, 4.69) is 61.3 Å². The SMILES string of the molecule is CCOc1cc([C@@H](N2CCNCC2)C(C)(C)C)ccc1OCc1ccccc1. The molecule has 0 aliphatic carbocycles. The molecular formula is C24H34N2O2. The largest absolute Gasteiger partial charge is 0.490 e. The van der Waals surface area contributed by atoms with Crippen LogP contribution in [0.2, 0.25) is 0 Å². The Morgan fingerprint density at radius 2 is 1.68 bits per heavy atom. The first-order chi connectivity index (χ1) is 13.5. The highest BCUT2D eigenvalue weighted by Crippen LogP contribution is 2.41. The van der Waals surface area contributed by atoms with E-state index in [1.54, 1.807) is 0 Å². The molecule has 0 amide bonds. The monoisotopic (exact) mass is 382 g/mol. The van der Waals surface area contributed by atoms with Gasteiger partial charge in [-0.2, -0.15) is 0 Å². The zero-order valence-corrected chi connectivity index (χ0v) is 17.7. The second-order valence-electron chi connectivity index (χ2n) is 8.47. The highest BCUT2D eigenvalue weighted by molar-refractivity contribution is 5.44. The summed E-state index contributed by atoms with van der Waals surface area (Å²) < 4.78 is 12.1.